The minimum Gasteiger partial charge on any atom is -0.370 e. The summed E-state index contributed by atoms with van der Waals surface area (Å²) in [7, 11) is 0. The first-order valence-corrected chi connectivity index (χ1v) is 10.3. The predicted molar refractivity (Wildman–Crippen MR) is 104 cm³/mol. The Morgan fingerprint density at radius 1 is 1.30 bits per heavy atom. The number of carbonyl (C=O) groups excluding carboxylic acids is 1. The molecule has 0 unspecified atom stereocenters. The van der Waals surface area contributed by atoms with E-state index >= 15 is 0 Å². The van der Waals surface area contributed by atoms with Crippen molar-refractivity contribution in [3.8, 4) is 6.07 Å². The minimum atomic E-state index is -0.338. The topological polar surface area (TPSA) is 57.0 Å². The van der Waals surface area contributed by atoms with Gasteiger partial charge in [0.15, 0.2) is 5.78 Å². The molecule has 0 aliphatic carbocycles. The van der Waals surface area contributed by atoms with Gasteiger partial charge in [-0.25, -0.2) is 9.37 Å². The molecule has 5 rings (SSSR count). The van der Waals surface area contributed by atoms with Gasteiger partial charge in [0.2, 0.25) is 0 Å². The van der Waals surface area contributed by atoms with Crippen molar-refractivity contribution in [3.63, 3.8) is 0 Å². The maximum atomic E-state index is 12.9. The summed E-state index contributed by atoms with van der Waals surface area (Å²) in [5.41, 5.74) is 3.42. The average Bonchev–Trinajstić information content (AvgIpc) is 2.71. The fourth-order valence-corrected chi connectivity index (χ4v) is 4.72. The summed E-state index contributed by atoms with van der Waals surface area (Å²) in [6.07, 6.45) is 3.38. The summed E-state index contributed by atoms with van der Waals surface area (Å²) >= 11 is 1.55. The average molecular weight is 381 g/mol. The van der Waals surface area contributed by atoms with Gasteiger partial charge in [-0.15, -0.1) is 11.8 Å². The minimum absolute atomic E-state index is 0.0135. The number of nitriles is 1. The number of Topliss-reactive ketones (excluding diaryl/α,β-unsaturated/α-hetero) is 1. The third-order valence-corrected chi connectivity index (χ3v) is 6.37. The van der Waals surface area contributed by atoms with Crippen LogP contribution in [0.2, 0.25) is 0 Å². The molecule has 0 amide bonds. The number of carbonyl (C=O) groups is 1. The highest BCUT2D eigenvalue weighted by Crippen LogP contribution is 2.42. The van der Waals surface area contributed by atoms with Crippen LogP contribution < -0.4 is 4.90 Å². The van der Waals surface area contributed by atoms with Gasteiger partial charge in [0, 0.05) is 31.0 Å². The van der Waals surface area contributed by atoms with Gasteiger partial charge in [-0.1, -0.05) is 0 Å². The number of fused-ring (bicyclic) bond motifs is 2. The molecule has 138 valence electrons. The fourth-order valence-electron chi connectivity index (χ4n) is 3.82. The van der Waals surface area contributed by atoms with Crippen molar-refractivity contribution in [3.05, 3.63) is 53.0 Å². The lowest BCUT2D eigenvalue weighted by Crippen LogP contribution is -2.39. The molecule has 0 atom stereocenters. The Morgan fingerprint density at radius 3 is 2.74 bits per heavy atom. The molecule has 0 radical (unpaired) electrons. The van der Waals surface area contributed by atoms with E-state index in [1.165, 1.54) is 24.3 Å². The largest absolute Gasteiger partial charge is 0.370 e. The highest BCUT2D eigenvalue weighted by molar-refractivity contribution is 7.99. The summed E-state index contributed by atoms with van der Waals surface area (Å²) in [6, 6.07) is 9.92. The number of anilines is 1. The molecular weight excluding hydrogens is 361 g/mol. The highest BCUT2D eigenvalue weighted by atomic mass is 32.2. The number of benzene rings is 1. The van der Waals surface area contributed by atoms with Crippen LogP contribution in [0.4, 0.5) is 10.1 Å². The van der Waals surface area contributed by atoms with Gasteiger partial charge in [-0.2, -0.15) is 5.26 Å². The number of ketones is 1. The molecule has 1 aromatic heterocycles. The van der Waals surface area contributed by atoms with Crippen LogP contribution in [0.5, 0.6) is 0 Å². The quantitative estimate of drug-likeness (QED) is 0.418. The second kappa shape index (κ2) is 7.69. The molecule has 0 spiro atoms. The van der Waals surface area contributed by atoms with Gasteiger partial charge in [0.05, 0.1) is 16.9 Å². The monoisotopic (exact) mass is 381 g/mol. The van der Waals surface area contributed by atoms with Crippen LogP contribution >= 0.6 is 11.8 Å². The van der Waals surface area contributed by atoms with Gasteiger partial charge < -0.3 is 4.90 Å². The predicted octanol–water partition coefficient (Wildman–Crippen LogP) is 4.54. The van der Waals surface area contributed by atoms with Crippen LogP contribution in [0.3, 0.4) is 0 Å². The SMILES string of the molecule is N#Cc1cc2c(nc1SCCCC(=O)c1ccc(F)cc1)C1CCN2CC1. The van der Waals surface area contributed by atoms with Gasteiger partial charge in [0.25, 0.3) is 0 Å². The third kappa shape index (κ3) is 3.70. The fraction of sp³-hybridized carbons (Fsp3) is 0.381. The molecule has 3 aliphatic heterocycles. The lowest BCUT2D eigenvalue weighted by atomic mass is 9.86. The second-order valence-electron chi connectivity index (χ2n) is 7.00. The lowest BCUT2D eigenvalue weighted by molar-refractivity contribution is 0.0982. The number of hydrogen-bond acceptors (Lipinski definition) is 5. The number of nitrogens with zero attached hydrogens (tertiary/aromatic N) is 3. The Bertz CT molecular complexity index is 899. The number of halogens is 1. The van der Waals surface area contributed by atoms with Crippen molar-refractivity contribution >= 4 is 23.2 Å². The van der Waals surface area contributed by atoms with Gasteiger partial charge in [-0.05, 0) is 55.3 Å². The van der Waals surface area contributed by atoms with E-state index in [2.05, 4.69) is 11.0 Å². The molecule has 2 aromatic rings. The smallest absolute Gasteiger partial charge is 0.162 e. The van der Waals surface area contributed by atoms with Gasteiger partial charge >= 0.3 is 0 Å². The third-order valence-electron chi connectivity index (χ3n) is 5.29. The zero-order valence-electron chi connectivity index (χ0n) is 14.9. The molecule has 2 bridgehead atoms. The summed E-state index contributed by atoms with van der Waals surface area (Å²) in [4.78, 5) is 19.3. The van der Waals surface area contributed by atoms with Crippen molar-refractivity contribution in [1.82, 2.24) is 4.98 Å². The number of pyridine rings is 1. The molecule has 1 saturated heterocycles. The zero-order valence-corrected chi connectivity index (χ0v) is 15.8. The van der Waals surface area contributed by atoms with E-state index in [1.807, 2.05) is 6.07 Å². The summed E-state index contributed by atoms with van der Waals surface area (Å²) in [6.45, 7) is 2.12. The molecule has 6 heteroatoms. The van der Waals surface area contributed by atoms with Crippen LogP contribution in [0.1, 0.15) is 53.2 Å². The normalized spacial score (nSPS) is 15.5. The van der Waals surface area contributed by atoms with E-state index < -0.39 is 0 Å². The van der Waals surface area contributed by atoms with E-state index in [4.69, 9.17) is 4.98 Å². The van der Waals surface area contributed by atoms with Crippen molar-refractivity contribution in [2.24, 2.45) is 0 Å². The van der Waals surface area contributed by atoms with Gasteiger partial charge in [-0.3, -0.25) is 4.79 Å². The van der Waals surface area contributed by atoms with Crippen LogP contribution in [0.15, 0.2) is 35.4 Å². The Hall–Kier alpha value is -2.39. The van der Waals surface area contributed by atoms with Crippen molar-refractivity contribution in [2.75, 3.05) is 23.7 Å². The Kier molecular flexibility index (Phi) is 5.13. The number of aromatic nitrogens is 1. The lowest BCUT2D eigenvalue weighted by Gasteiger charge is -2.41. The molecule has 4 nitrogen and oxygen atoms in total. The van der Waals surface area contributed by atoms with Crippen LogP contribution in [-0.4, -0.2) is 29.6 Å². The Morgan fingerprint density at radius 2 is 2.04 bits per heavy atom. The van der Waals surface area contributed by atoms with Crippen molar-refractivity contribution < 1.29 is 9.18 Å². The standard InChI is InChI=1S/C21H20FN3OS/c22-17-5-3-14(4-6-17)19(26)2-1-11-27-21-16(13-23)12-18-20(24-21)15-7-9-25(18)10-8-15/h3-6,12,15H,1-2,7-11H2. The molecule has 0 N–H and O–H groups in total. The van der Waals surface area contributed by atoms with E-state index in [0.29, 0.717) is 29.9 Å². The Balaban J connectivity index is 1.38. The zero-order chi connectivity index (χ0) is 18.8. The van der Waals surface area contributed by atoms with E-state index in [1.54, 1.807) is 11.8 Å². The van der Waals surface area contributed by atoms with Crippen LogP contribution in [0, 0.1) is 17.1 Å². The molecule has 1 fully saturated rings. The van der Waals surface area contributed by atoms with E-state index in [9.17, 15) is 14.4 Å². The maximum Gasteiger partial charge on any atom is 0.162 e. The number of piperidine rings is 1. The Labute approximate surface area is 162 Å². The van der Waals surface area contributed by atoms with Crippen molar-refractivity contribution in [2.45, 2.75) is 36.6 Å². The van der Waals surface area contributed by atoms with E-state index in [0.717, 1.165) is 48.1 Å². The highest BCUT2D eigenvalue weighted by Gasteiger charge is 2.33. The first-order chi connectivity index (χ1) is 13.2. The molecule has 3 aliphatic rings. The molecule has 1 aromatic carbocycles. The maximum absolute atomic E-state index is 12.9. The van der Waals surface area contributed by atoms with E-state index in [-0.39, 0.29) is 11.6 Å². The summed E-state index contributed by atoms with van der Waals surface area (Å²) in [5, 5.41) is 10.3. The molecular formula is C21H20FN3OS. The summed E-state index contributed by atoms with van der Waals surface area (Å²) < 4.78 is 12.9. The van der Waals surface area contributed by atoms with Crippen molar-refractivity contribution in [1.29, 1.82) is 5.26 Å². The first kappa shape index (κ1) is 18.0. The molecule has 27 heavy (non-hydrogen) atoms. The van der Waals surface area contributed by atoms with Crippen LogP contribution in [0.25, 0.3) is 0 Å². The number of thioether (sulfide) groups is 1. The summed E-state index contributed by atoms with van der Waals surface area (Å²) in [5.74, 6) is 0.910. The van der Waals surface area contributed by atoms with Gasteiger partial charge in [0.1, 0.15) is 16.9 Å². The first-order valence-electron chi connectivity index (χ1n) is 9.27. The molecule has 0 saturated carbocycles. The van der Waals surface area contributed by atoms with Crippen LogP contribution in [-0.2, 0) is 0 Å². The second-order valence-corrected chi connectivity index (χ2v) is 8.08. The molecule has 4 heterocycles. The number of hydrogen-bond donors (Lipinski definition) is 0. The number of rotatable bonds is 6.